The van der Waals surface area contributed by atoms with Crippen molar-refractivity contribution in [1.29, 1.82) is 0 Å². The molecule has 1 fully saturated rings. The maximum Gasteiger partial charge on any atom is 0.226 e. The maximum atomic E-state index is 11.8. The first-order chi connectivity index (χ1) is 9.17. The minimum atomic E-state index is -0.179. The van der Waals surface area contributed by atoms with E-state index in [1.54, 1.807) is 11.3 Å². The average molecular weight is 282 g/mol. The zero-order chi connectivity index (χ0) is 13.7. The normalized spacial score (nSPS) is 23.3. The van der Waals surface area contributed by atoms with Crippen LogP contribution in [0.15, 0.2) is 5.38 Å². The molecule has 1 aromatic heterocycles. The molecule has 1 heterocycles. The van der Waals surface area contributed by atoms with Crippen LogP contribution in [0.3, 0.4) is 0 Å². The molecule has 0 aromatic carbocycles. The Morgan fingerprint density at radius 2 is 2.42 bits per heavy atom. The highest BCUT2D eigenvalue weighted by Crippen LogP contribution is 2.23. The molecule has 0 bridgehead atoms. The fraction of sp³-hybridized carbons (Fsp3) is 0.714. The van der Waals surface area contributed by atoms with Gasteiger partial charge in [-0.05, 0) is 31.6 Å². The molecule has 0 radical (unpaired) electrons. The van der Waals surface area contributed by atoms with Gasteiger partial charge in [0.15, 0.2) is 0 Å². The number of thiazole rings is 1. The van der Waals surface area contributed by atoms with Gasteiger partial charge in [0, 0.05) is 11.9 Å². The molecule has 1 aliphatic carbocycles. The van der Waals surface area contributed by atoms with Crippen molar-refractivity contribution in [2.45, 2.75) is 51.6 Å². The van der Waals surface area contributed by atoms with Crippen molar-refractivity contribution in [2.75, 3.05) is 6.54 Å². The summed E-state index contributed by atoms with van der Waals surface area (Å²) in [5.41, 5.74) is 0.864. The Kier molecular flexibility index (Phi) is 5.34. The van der Waals surface area contributed by atoms with E-state index in [1.807, 2.05) is 5.38 Å². The lowest BCUT2D eigenvalue weighted by atomic mass is 9.87. The lowest BCUT2D eigenvalue weighted by Gasteiger charge is -2.25. The van der Waals surface area contributed by atoms with Crippen LogP contribution in [0.25, 0.3) is 0 Å². The Hall–Kier alpha value is -0.940. The van der Waals surface area contributed by atoms with E-state index >= 15 is 0 Å². The quantitative estimate of drug-likeness (QED) is 0.867. The van der Waals surface area contributed by atoms with Gasteiger partial charge < -0.3 is 10.4 Å². The Bertz CT molecular complexity index is 419. The van der Waals surface area contributed by atoms with Crippen LogP contribution in [0.2, 0.25) is 0 Å². The molecule has 0 saturated heterocycles. The smallest absolute Gasteiger partial charge is 0.226 e. The molecule has 0 aliphatic heterocycles. The number of amides is 1. The minimum Gasteiger partial charge on any atom is -0.393 e. The predicted molar refractivity (Wildman–Crippen MR) is 76.2 cm³/mol. The van der Waals surface area contributed by atoms with Crippen LogP contribution in [0.5, 0.6) is 0 Å². The van der Waals surface area contributed by atoms with E-state index in [9.17, 15) is 9.90 Å². The van der Waals surface area contributed by atoms with Gasteiger partial charge in [0.05, 0.1) is 23.2 Å². The van der Waals surface area contributed by atoms with Gasteiger partial charge >= 0.3 is 0 Å². The Balaban J connectivity index is 1.72. The van der Waals surface area contributed by atoms with Gasteiger partial charge in [-0.3, -0.25) is 4.79 Å². The molecule has 0 spiro atoms. The molecule has 2 rings (SSSR count). The second-order valence-corrected chi connectivity index (χ2v) is 6.20. The van der Waals surface area contributed by atoms with Gasteiger partial charge in [0.25, 0.3) is 0 Å². The minimum absolute atomic E-state index is 0.0352. The molecular weight excluding hydrogens is 260 g/mol. The van der Waals surface area contributed by atoms with Gasteiger partial charge in [-0.2, -0.15) is 0 Å². The number of nitrogens with zero attached hydrogens (tertiary/aromatic N) is 1. The Morgan fingerprint density at radius 3 is 3.11 bits per heavy atom. The summed E-state index contributed by atoms with van der Waals surface area (Å²) in [4.78, 5) is 16.2. The number of carbonyl (C=O) groups excluding carboxylic acids is 1. The molecule has 4 nitrogen and oxygen atoms in total. The zero-order valence-corrected chi connectivity index (χ0v) is 12.2. The second-order valence-electron chi connectivity index (χ2n) is 5.25. The molecule has 1 aromatic rings. The van der Waals surface area contributed by atoms with E-state index in [2.05, 4.69) is 17.2 Å². The second kappa shape index (κ2) is 7.01. The third-order valence-corrected chi connectivity index (χ3v) is 4.63. The van der Waals surface area contributed by atoms with Crippen molar-refractivity contribution in [3.8, 4) is 0 Å². The molecule has 1 aliphatic rings. The van der Waals surface area contributed by atoms with E-state index < -0.39 is 0 Å². The van der Waals surface area contributed by atoms with E-state index in [1.165, 1.54) is 0 Å². The molecule has 1 amide bonds. The summed E-state index contributed by atoms with van der Waals surface area (Å²) < 4.78 is 0. The topological polar surface area (TPSA) is 62.2 Å². The summed E-state index contributed by atoms with van der Waals surface area (Å²) in [7, 11) is 0. The van der Waals surface area contributed by atoms with Crippen LogP contribution in [-0.2, 0) is 17.6 Å². The van der Waals surface area contributed by atoms with Crippen molar-refractivity contribution in [3.63, 3.8) is 0 Å². The number of carbonyl (C=O) groups is 1. The van der Waals surface area contributed by atoms with Crippen LogP contribution >= 0.6 is 11.3 Å². The van der Waals surface area contributed by atoms with Crippen molar-refractivity contribution < 1.29 is 9.90 Å². The SMILES string of the molecule is CCc1nc(CC(=O)NC[C@@H]2CCC[C@@H](O)C2)cs1. The van der Waals surface area contributed by atoms with Crippen molar-refractivity contribution in [1.82, 2.24) is 10.3 Å². The third kappa shape index (κ3) is 4.58. The number of hydrogen-bond donors (Lipinski definition) is 2. The van der Waals surface area contributed by atoms with Crippen LogP contribution in [0.1, 0.15) is 43.3 Å². The van der Waals surface area contributed by atoms with Crippen LogP contribution in [-0.4, -0.2) is 28.6 Å². The number of aliphatic hydroxyl groups excluding tert-OH is 1. The largest absolute Gasteiger partial charge is 0.393 e. The summed E-state index contributed by atoms with van der Waals surface area (Å²) in [6.07, 6.45) is 5.00. The highest BCUT2D eigenvalue weighted by atomic mass is 32.1. The maximum absolute atomic E-state index is 11.8. The average Bonchev–Trinajstić information content (AvgIpc) is 2.84. The number of hydrogen-bond acceptors (Lipinski definition) is 4. The number of nitrogens with one attached hydrogen (secondary N) is 1. The highest BCUT2D eigenvalue weighted by Gasteiger charge is 2.20. The van der Waals surface area contributed by atoms with Gasteiger partial charge in [-0.25, -0.2) is 4.98 Å². The van der Waals surface area contributed by atoms with E-state index in [0.29, 0.717) is 18.9 Å². The van der Waals surface area contributed by atoms with Gasteiger partial charge in [0.1, 0.15) is 0 Å². The molecule has 106 valence electrons. The first-order valence-corrected chi connectivity index (χ1v) is 7.93. The molecule has 1 saturated carbocycles. The lowest BCUT2D eigenvalue weighted by molar-refractivity contribution is -0.120. The molecular formula is C14H22N2O2S. The van der Waals surface area contributed by atoms with E-state index in [4.69, 9.17) is 0 Å². The number of aliphatic hydroxyl groups is 1. The van der Waals surface area contributed by atoms with Crippen LogP contribution < -0.4 is 5.32 Å². The number of aryl methyl sites for hydroxylation is 1. The fourth-order valence-electron chi connectivity index (χ4n) is 2.53. The summed E-state index contributed by atoms with van der Waals surface area (Å²) in [5.74, 6) is 0.461. The molecule has 19 heavy (non-hydrogen) atoms. The van der Waals surface area contributed by atoms with Gasteiger partial charge in [-0.15, -0.1) is 11.3 Å². The van der Waals surface area contributed by atoms with Gasteiger partial charge in [-0.1, -0.05) is 13.3 Å². The van der Waals surface area contributed by atoms with Crippen molar-refractivity contribution in [2.24, 2.45) is 5.92 Å². The predicted octanol–water partition coefficient (Wildman–Crippen LogP) is 1.92. The standard InChI is InChI=1S/C14H22N2O2S/c1-2-14-16-11(9-19-14)7-13(18)15-8-10-4-3-5-12(17)6-10/h9-10,12,17H,2-8H2,1H3,(H,15,18)/t10-,12-/m1/s1. The molecule has 5 heteroatoms. The van der Waals surface area contributed by atoms with E-state index in [0.717, 1.165) is 42.8 Å². The monoisotopic (exact) mass is 282 g/mol. The summed E-state index contributed by atoms with van der Waals surface area (Å²) >= 11 is 1.61. The fourth-order valence-corrected chi connectivity index (χ4v) is 3.27. The van der Waals surface area contributed by atoms with Crippen LogP contribution in [0.4, 0.5) is 0 Å². The highest BCUT2D eigenvalue weighted by molar-refractivity contribution is 7.09. The van der Waals surface area contributed by atoms with Crippen molar-refractivity contribution in [3.05, 3.63) is 16.1 Å². The number of aromatic nitrogens is 1. The first kappa shape index (κ1) is 14.5. The zero-order valence-electron chi connectivity index (χ0n) is 11.4. The third-order valence-electron chi connectivity index (χ3n) is 3.59. The Morgan fingerprint density at radius 1 is 1.58 bits per heavy atom. The molecule has 2 atom stereocenters. The van der Waals surface area contributed by atoms with E-state index in [-0.39, 0.29) is 12.0 Å². The van der Waals surface area contributed by atoms with Gasteiger partial charge in [0.2, 0.25) is 5.91 Å². The summed E-state index contributed by atoms with van der Waals surface area (Å²) in [6, 6.07) is 0. The number of rotatable bonds is 5. The van der Waals surface area contributed by atoms with Crippen molar-refractivity contribution >= 4 is 17.2 Å². The summed E-state index contributed by atoms with van der Waals surface area (Å²) in [6.45, 7) is 2.75. The Labute approximate surface area is 118 Å². The first-order valence-electron chi connectivity index (χ1n) is 7.05. The lowest BCUT2D eigenvalue weighted by Crippen LogP contribution is -2.33. The summed E-state index contributed by atoms with van der Waals surface area (Å²) in [5, 5.41) is 15.6. The molecule has 0 unspecified atom stereocenters. The molecule has 2 N–H and O–H groups in total. The van der Waals surface area contributed by atoms with Crippen LogP contribution in [0, 0.1) is 5.92 Å².